The SMILES string of the molecule is COc1cc2nnn(-c3ccc4c(c3)CCC4)c2cc1OC. The number of hydrogen-bond donors (Lipinski definition) is 0. The van der Waals surface area contributed by atoms with Gasteiger partial charge in [0.2, 0.25) is 0 Å². The summed E-state index contributed by atoms with van der Waals surface area (Å²) in [7, 11) is 3.25. The van der Waals surface area contributed by atoms with Gasteiger partial charge in [0.15, 0.2) is 11.5 Å². The van der Waals surface area contributed by atoms with Crippen molar-refractivity contribution in [2.45, 2.75) is 19.3 Å². The quantitative estimate of drug-likeness (QED) is 0.745. The zero-order valence-electron chi connectivity index (χ0n) is 12.7. The third kappa shape index (κ3) is 1.93. The molecule has 0 fully saturated rings. The van der Waals surface area contributed by atoms with Gasteiger partial charge in [0.1, 0.15) is 5.52 Å². The molecule has 0 aliphatic heterocycles. The Kier molecular flexibility index (Phi) is 2.99. The van der Waals surface area contributed by atoms with Crippen LogP contribution in [0.5, 0.6) is 11.5 Å². The van der Waals surface area contributed by atoms with E-state index >= 15 is 0 Å². The van der Waals surface area contributed by atoms with Crippen molar-refractivity contribution < 1.29 is 9.47 Å². The van der Waals surface area contributed by atoms with Gasteiger partial charge in [-0.05, 0) is 42.5 Å². The van der Waals surface area contributed by atoms with Crippen molar-refractivity contribution >= 4 is 11.0 Å². The lowest BCUT2D eigenvalue weighted by atomic mass is 10.1. The van der Waals surface area contributed by atoms with E-state index in [1.807, 2.05) is 16.8 Å². The van der Waals surface area contributed by atoms with Crippen LogP contribution in [0.1, 0.15) is 17.5 Å². The van der Waals surface area contributed by atoms with Gasteiger partial charge in [0.05, 0.1) is 25.4 Å². The largest absolute Gasteiger partial charge is 0.493 e. The number of rotatable bonds is 3. The van der Waals surface area contributed by atoms with Crippen molar-refractivity contribution in [3.05, 3.63) is 41.5 Å². The number of aromatic nitrogens is 3. The monoisotopic (exact) mass is 295 g/mol. The molecular formula is C17H17N3O2. The van der Waals surface area contributed by atoms with E-state index in [1.54, 1.807) is 14.2 Å². The minimum atomic E-state index is 0.663. The van der Waals surface area contributed by atoms with E-state index in [-0.39, 0.29) is 0 Å². The first-order valence-corrected chi connectivity index (χ1v) is 7.40. The van der Waals surface area contributed by atoms with Crippen LogP contribution in [0.2, 0.25) is 0 Å². The maximum absolute atomic E-state index is 5.38. The van der Waals surface area contributed by atoms with Crippen molar-refractivity contribution in [3.8, 4) is 17.2 Å². The minimum absolute atomic E-state index is 0.663. The molecule has 1 aliphatic rings. The molecule has 1 heterocycles. The molecule has 0 saturated carbocycles. The third-order valence-corrected chi connectivity index (χ3v) is 4.28. The molecule has 0 unspecified atom stereocenters. The molecule has 0 atom stereocenters. The summed E-state index contributed by atoms with van der Waals surface area (Å²) < 4.78 is 12.6. The summed E-state index contributed by atoms with van der Waals surface area (Å²) in [6, 6.07) is 10.3. The summed E-state index contributed by atoms with van der Waals surface area (Å²) >= 11 is 0. The average Bonchev–Trinajstić information content (AvgIpc) is 3.18. The summed E-state index contributed by atoms with van der Waals surface area (Å²) in [6.07, 6.45) is 3.56. The molecule has 112 valence electrons. The van der Waals surface area contributed by atoms with E-state index < -0.39 is 0 Å². The highest BCUT2D eigenvalue weighted by Crippen LogP contribution is 2.32. The third-order valence-electron chi connectivity index (χ3n) is 4.28. The van der Waals surface area contributed by atoms with Crippen LogP contribution >= 0.6 is 0 Å². The molecule has 4 rings (SSSR count). The number of fused-ring (bicyclic) bond motifs is 2. The number of aryl methyl sites for hydroxylation is 2. The van der Waals surface area contributed by atoms with Crippen LogP contribution in [0.3, 0.4) is 0 Å². The predicted octanol–water partition coefficient (Wildman–Crippen LogP) is 2.93. The van der Waals surface area contributed by atoms with Crippen LogP contribution in [0.15, 0.2) is 30.3 Å². The maximum Gasteiger partial charge on any atom is 0.163 e. The zero-order valence-corrected chi connectivity index (χ0v) is 12.7. The second-order valence-electron chi connectivity index (χ2n) is 5.50. The Morgan fingerprint density at radius 3 is 2.55 bits per heavy atom. The van der Waals surface area contributed by atoms with Crippen LogP contribution in [0.25, 0.3) is 16.7 Å². The molecule has 0 saturated heterocycles. The van der Waals surface area contributed by atoms with Gasteiger partial charge in [-0.2, -0.15) is 0 Å². The molecule has 0 N–H and O–H groups in total. The molecule has 0 spiro atoms. The number of methoxy groups -OCH3 is 2. The smallest absolute Gasteiger partial charge is 0.163 e. The molecular weight excluding hydrogens is 278 g/mol. The Hall–Kier alpha value is -2.56. The van der Waals surface area contributed by atoms with Crippen molar-refractivity contribution in [2.75, 3.05) is 14.2 Å². The lowest BCUT2D eigenvalue weighted by Gasteiger charge is -2.09. The molecule has 1 aromatic heterocycles. The summed E-state index contributed by atoms with van der Waals surface area (Å²) in [4.78, 5) is 0. The first kappa shape index (κ1) is 13.1. The highest BCUT2D eigenvalue weighted by molar-refractivity contribution is 5.80. The zero-order chi connectivity index (χ0) is 15.1. The van der Waals surface area contributed by atoms with E-state index in [2.05, 4.69) is 28.5 Å². The lowest BCUT2D eigenvalue weighted by Crippen LogP contribution is -1.98. The number of hydrogen-bond acceptors (Lipinski definition) is 4. The molecule has 2 aromatic carbocycles. The predicted molar refractivity (Wildman–Crippen MR) is 84.0 cm³/mol. The highest BCUT2D eigenvalue weighted by Gasteiger charge is 2.15. The van der Waals surface area contributed by atoms with Crippen molar-refractivity contribution in [1.82, 2.24) is 15.0 Å². The molecule has 5 nitrogen and oxygen atoms in total. The summed E-state index contributed by atoms with van der Waals surface area (Å²) in [5.74, 6) is 1.34. The van der Waals surface area contributed by atoms with E-state index in [9.17, 15) is 0 Å². The van der Waals surface area contributed by atoms with Crippen LogP contribution in [0, 0.1) is 0 Å². The molecule has 3 aromatic rings. The van der Waals surface area contributed by atoms with Gasteiger partial charge < -0.3 is 9.47 Å². The number of benzene rings is 2. The van der Waals surface area contributed by atoms with Gasteiger partial charge >= 0.3 is 0 Å². The first-order chi connectivity index (χ1) is 10.8. The molecule has 0 amide bonds. The van der Waals surface area contributed by atoms with Gasteiger partial charge in [0.25, 0.3) is 0 Å². The first-order valence-electron chi connectivity index (χ1n) is 7.40. The fourth-order valence-electron chi connectivity index (χ4n) is 3.13. The van der Waals surface area contributed by atoms with Crippen molar-refractivity contribution in [3.63, 3.8) is 0 Å². The summed E-state index contributed by atoms with van der Waals surface area (Å²) in [6.45, 7) is 0. The van der Waals surface area contributed by atoms with Crippen molar-refractivity contribution in [2.24, 2.45) is 0 Å². The van der Waals surface area contributed by atoms with Gasteiger partial charge in [-0.1, -0.05) is 11.3 Å². The average molecular weight is 295 g/mol. The normalized spacial score (nSPS) is 13.4. The second-order valence-corrected chi connectivity index (χ2v) is 5.50. The Labute approximate surface area is 128 Å². The molecule has 0 bridgehead atoms. The summed E-state index contributed by atoms with van der Waals surface area (Å²) in [5, 5.41) is 8.55. The molecule has 1 aliphatic carbocycles. The fourth-order valence-corrected chi connectivity index (χ4v) is 3.13. The standard InChI is InChI=1S/C17H17N3O2/c1-21-16-9-14-15(10-17(16)22-2)20(19-18-14)13-7-6-11-4-3-5-12(11)8-13/h6-10H,3-5H2,1-2H3. The number of nitrogens with zero attached hydrogens (tertiary/aromatic N) is 3. The van der Waals surface area contributed by atoms with Crippen LogP contribution < -0.4 is 9.47 Å². The number of ether oxygens (including phenoxy) is 2. The second kappa shape index (κ2) is 5.02. The van der Waals surface area contributed by atoms with Gasteiger partial charge in [-0.25, -0.2) is 4.68 Å². The van der Waals surface area contributed by atoms with Crippen LogP contribution in [-0.2, 0) is 12.8 Å². The van der Waals surface area contributed by atoms with E-state index in [0.29, 0.717) is 11.5 Å². The summed E-state index contributed by atoms with van der Waals surface area (Å²) in [5.41, 5.74) is 5.61. The molecule has 5 heteroatoms. The van der Waals surface area contributed by atoms with Crippen molar-refractivity contribution in [1.29, 1.82) is 0 Å². The van der Waals surface area contributed by atoms with Gasteiger partial charge in [-0.3, -0.25) is 0 Å². The molecule has 0 radical (unpaired) electrons. The minimum Gasteiger partial charge on any atom is -0.493 e. The maximum atomic E-state index is 5.38. The lowest BCUT2D eigenvalue weighted by molar-refractivity contribution is 0.355. The Bertz CT molecular complexity index is 854. The Morgan fingerprint density at radius 1 is 0.955 bits per heavy atom. The highest BCUT2D eigenvalue weighted by atomic mass is 16.5. The Balaban J connectivity index is 1.88. The fraction of sp³-hybridized carbons (Fsp3) is 0.294. The Morgan fingerprint density at radius 2 is 1.73 bits per heavy atom. The van der Waals surface area contributed by atoms with E-state index in [1.165, 1.54) is 24.0 Å². The van der Waals surface area contributed by atoms with Gasteiger partial charge in [0, 0.05) is 12.1 Å². The van der Waals surface area contributed by atoms with E-state index in [0.717, 1.165) is 23.1 Å². The van der Waals surface area contributed by atoms with Crippen LogP contribution in [-0.4, -0.2) is 29.2 Å². The van der Waals surface area contributed by atoms with E-state index in [4.69, 9.17) is 9.47 Å². The topological polar surface area (TPSA) is 49.2 Å². The van der Waals surface area contributed by atoms with Gasteiger partial charge in [-0.15, -0.1) is 5.10 Å². The van der Waals surface area contributed by atoms with Crippen LogP contribution in [0.4, 0.5) is 0 Å². The molecule has 22 heavy (non-hydrogen) atoms.